The number of aliphatic hydroxyl groups excluding tert-OH is 1. The minimum atomic E-state index is -2.61. The number of urea groups is 1. The fourth-order valence-corrected chi connectivity index (χ4v) is 0.982. The molecule has 0 aromatic carbocycles. The summed E-state index contributed by atoms with van der Waals surface area (Å²) < 4.78 is 3.60. The molecule has 0 aliphatic carbocycles. The van der Waals surface area contributed by atoms with E-state index in [1.807, 2.05) is 0 Å². The number of nitrogens with two attached hydrogens (primary N) is 1. The Labute approximate surface area is 94.2 Å². The Morgan fingerprint density at radius 2 is 1.81 bits per heavy atom. The summed E-state index contributed by atoms with van der Waals surface area (Å²) in [6.07, 6.45) is 0. The van der Waals surface area contributed by atoms with Crippen LogP contribution >= 0.6 is 17.2 Å². The molecule has 0 bridgehead atoms. The molecule has 0 aromatic rings. The van der Waals surface area contributed by atoms with E-state index in [0.717, 1.165) is 0 Å². The SMILES string of the molecule is CN(CCO)NC(N)=O.OP(O)OP(O)O. The molecule has 0 saturated heterocycles. The molecule has 0 aromatic heterocycles. The number of carbonyl (C=O) groups is 1. The van der Waals surface area contributed by atoms with Gasteiger partial charge in [-0.2, -0.15) is 0 Å². The van der Waals surface area contributed by atoms with Gasteiger partial charge in [0.05, 0.1) is 6.61 Å². The van der Waals surface area contributed by atoms with Crippen molar-refractivity contribution in [3.8, 4) is 0 Å². The molecule has 0 spiro atoms. The van der Waals surface area contributed by atoms with Gasteiger partial charge < -0.3 is 30.4 Å². The molecule has 0 aliphatic heterocycles. The molecule has 10 nitrogen and oxygen atoms in total. The van der Waals surface area contributed by atoms with E-state index >= 15 is 0 Å². The van der Waals surface area contributed by atoms with Gasteiger partial charge in [0, 0.05) is 13.6 Å². The Bertz CT molecular complexity index is 177. The van der Waals surface area contributed by atoms with E-state index in [1.165, 1.54) is 5.01 Å². The van der Waals surface area contributed by atoms with Crippen LogP contribution in [-0.4, -0.2) is 55.9 Å². The van der Waals surface area contributed by atoms with Crippen LogP contribution in [0, 0.1) is 0 Å². The predicted octanol–water partition coefficient (Wildman–Crippen LogP) is -2.08. The lowest BCUT2D eigenvalue weighted by Gasteiger charge is -2.13. The number of hydrogen-bond donors (Lipinski definition) is 7. The second-order valence-corrected chi connectivity index (χ2v) is 3.87. The van der Waals surface area contributed by atoms with Gasteiger partial charge in [-0.05, 0) is 0 Å². The Morgan fingerprint density at radius 1 is 1.38 bits per heavy atom. The molecule has 0 heterocycles. The Morgan fingerprint density at radius 3 is 2.00 bits per heavy atom. The van der Waals surface area contributed by atoms with Crippen molar-refractivity contribution < 1.29 is 33.8 Å². The van der Waals surface area contributed by atoms with Crippen molar-refractivity contribution >= 4 is 23.2 Å². The van der Waals surface area contributed by atoms with Gasteiger partial charge in [-0.3, -0.25) is 5.43 Å². The van der Waals surface area contributed by atoms with Crippen LogP contribution in [0.2, 0.25) is 0 Å². The van der Waals surface area contributed by atoms with Crippen molar-refractivity contribution in [1.29, 1.82) is 0 Å². The third-order valence-corrected chi connectivity index (χ3v) is 2.05. The van der Waals surface area contributed by atoms with Crippen LogP contribution in [0.3, 0.4) is 0 Å². The highest BCUT2D eigenvalue weighted by atomic mass is 31.2. The number of nitrogens with one attached hydrogen (secondary N) is 1. The third-order valence-electron chi connectivity index (χ3n) is 0.883. The minimum absolute atomic E-state index is 0.00319. The van der Waals surface area contributed by atoms with Gasteiger partial charge in [0.25, 0.3) is 0 Å². The molecular weight excluding hydrogens is 264 g/mol. The zero-order valence-electron chi connectivity index (χ0n) is 8.39. The molecule has 98 valence electrons. The number of hydrazine groups is 1. The minimum Gasteiger partial charge on any atom is -0.395 e. The van der Waals surface area contributed by atoms with E-state index < -0.39 is 23.2 Å². The normalized spacial score (nSPS) is 10.3. The highest BCUT2D eigenvalue weighted by Gasteiger charge is 2.05. The van der Waals surface area contributed by atoms with Crippen molar-refractivity contribution in [1.82, 2.24) is 10.4 Å². The third kappa shape index (κ3) is 19.4. The van der Waals surface area contributed by atoms with Gasteiger partial charge in [0.2, 0.25) is 0 Å². The van der Waals surface area contributed by atoms with Crippen LogP contribution in [0.4, 0.5) is 4.79 Å². The van der Waals surface area contributed by atoms with Crippen LogP contribution in [0.1, 0.15) is 0 Å². The number of rotatable bonds is 5. The Balaban J connectivity index is 0. The van der Waals surface area contributed by atoms with E-state index in [2.05, 4.69) is 9.74 Å². The van der Waals surface area contributed by atoms with Gasteiger partial charge in [0.1, 0.15) is 0 Å². The number of carbonyl (C=O) groups excluding carboxylic acids is 1. The first kappa shape index (κ1) is 18.2. The summed E-state index contributed by atoms with van der Waals surface area (Å²) in [7, 11) is -3.61. The van der Waals surface area contributed by atoms with Crippen LogP contribution in [0.25, 0.3) is 0 Å². The summed E-state index contributed by atoms with van der Waals surface area (Å²) in [5.74, 6) is 0. The average molecular weight is 279 g/mol. The zero-order valence-corrected chi connectivity index (χ0v) is 10.2. The first-order valence-corrected chi connectivity index (χ1v) is 6.04. The van der Waals surface area contributed by atoms with Crippen LogP contribution < -0.4 is 11.2 Å². The second-order valence-electron chi connectivity index (χ2n) is 2.21. The monoisotopic (exact) mass is 279 g/mol. The Hall–Kier alpha value is -0.150. The van der Waals surface area contributed by atoms with Gasteiger partial charge in [-0.1, -0.05) is 0 Å². The van der Waals surface area contributed by atoms with Crippen molar-refractivity contribution in [2.75, 3.05) is 20.2 Å². The summed E-state index contributed by atoms with van der Waals surface area (Å²) in [5, 5.41) is 9.72. The summed E-state index contributed by atoms with van der Waals surface area (Å²) in [5.41, 5.74) is 7.01. The highest BCUT2D eigenvalue weighted by molar-refractivity contribution is 7.53. The van der Waals surface area contributed by atoms with Gasteiger partial charge in [-0.25, -0.2) is 14.1 Å². The smallest absolute Gasteiger partial charge is 0.334 e. The maximum Gasteiger partial charge on any atom is 0.334 e. The van der Waals surface area contributed by atoms with E-state index in [0.29, 0.717) is 6.54 Å². The molecule has 0 unspecified atom stereocenters. The quantitative estimate of drug-likeness (QED) is 0.222. The van der Waals surface area contributed by atoms with Crippen LogP contribution in [0.5, 0.6) is 0 Å². The lowest BCUT2D eigenvalue weighted by molar-refractivity contribution is 0.174. The summed E-state index contributed by atoms with van der Waals surface area (Å²) in [6.45, 7) is 0.375. The van der Waals surface area contributed by atoms with Crippen LogP contribution in [-0.2, 0) is 4.31 Å². The molecule has 0 atom stereocenters. The molecule has 2 amide bonds. The molecule has 8 N–H and O–H groups in total. The van der Waals surface area contributed by atoms with Crippen molar-refractivity contribution in [2.45, 2.75) is 0 Å². The Kier molecular flexibility index (Phi) is 12.9. The number of likely N-dealkylation sites (N-methyl/N-ethyl adjacent to an activating group) is 1. The van der Waals surface area contributed by atoms with Crippen LogP contribution in [0.15, 0.2) is 0 Å². The lowest BCUT2D eigenvalue weighted by Crippen LogP contribution is -2.43. The highest BCUT2D eigenvalue weighted by Crippen LogP contribution is 2.41. The first-order chi connectivity index (χ1) is 7.29. The first-order valence-electron chi connectivity index (χ1n) is 3.71. The lowest BCUT2D eigenvalue weighted by atomic mass is 10.7. The number of nitrogens with zero attached hydrogens (tertiary/aromatic N) is 1. The van der Waals surface area contributed by atoms with Crippen molar-refractivity contribution in [3.05, 3.63) is 0 Å². The summed E-state index contributed by atoms with van der Waals surface area (Å²) in [6, 6.07) is -0.619. The summed E-state index contributed by atoms with van der Waals surface area (Å²) >= 11 is 0. The molecule has 12 heteroatoms. The number of primary amides is 1. The van der Waals surface area contributed by atoms with E-state index in [-0.39, 0.29) is 6.61 Å². The molecular formula is C4H15N3O7P2. The molecule has 0 fully saturated rings. The number of aliphatic hydroxyl groups is 1. The zero-order chi connectivity index (χ0) is 13.1. The maximum atomic E-state index is 10.1. The number of hydrogen-bond acceptors (Lipinski definition) is 8. The molecule has 0 rings (SSSR count). The number of amides is 2. The molecule has 0 aliphatic rings. The van der Waals surface area contributed by atoms with E-state index in [9.17, 15) is 4.79 Å². The molecule has 16 heavy (non-hydrogen) atoms. The predicted molar refractivity (Wildman–Crippen MR) is 56.2 cm³/mol. The fourth-order valence-electron chi connectivity index (χ4n) is 0.459. The van der Waals surface area contributed by atoms with Crippen molar-refractivity contribution in [3.63, 3.8) is 0 Å². The molecule has 0 saturated carbocycles. The van der Waals surface area contributed by atoms with E-state index in [1.54, 1.807) is 7.05 Å². The van der Waals surface area contributed by atoms with Gasteiger partial charge in [0.15, 0.2) is 0 Å². The van der Waals surface area contributed by atoms with Crippen molar-refractivity contribution in [2.24, 2.45) is 5.73 Å². The topological polar surface area (TPSA) is 169 Å². The van der Waals surface area contributed by atoms with Gasteiger partial charge in [-0.15, -0.1) is 0 Å². The maximum absolute atomic E-state index is 10.1. The van der Waals surface area contributed by atoms with Gasteiger partial charge >= 0.3 is 23.2 Å². The second kappa shape index (κ2) is 11.3. The molecule has 0 radical (unpaired) electrons. The largest absolute Gasteiger partial charge is 0.395 e. The van der Waals surface area contributed by atoms with E-state index in [4.69, 9.17) is 30.4 Å². The fraction of sp³-hybridized carbons (Fsp3) is 0.750. The summed E-state index contributed by atoms with van der Waals surface area (Å²) in [4.78, 5) is 41.3. The standard InChI is InChI=1S/C4H11N3O2.H4O5P2/c1-7(2-3-8)6-4(5)9;1-6(2)5-7(3)4/h8H,2-3H2,1H3,(H3,5,6,9);1-4H. The average Bonchev–Trinajstić information content (AvgIpc) is 2.00.